The molecule has 1 aromatic carbocycles. The monoisotopic (exact) mass is 321 g/mol. The highest BCUT2D eigenvalue weighted by Crippen LogP contribution is 2.24. The van der Waals surface area contributed by atoms with Crippen LogP contribution in [0.1, 0.15) is 25.8 Å². The first kappa shape index (κ1) is 17.8. The second kappa shape index (κ2) is 7.70. The van der Waals surface area contributed by atoms with E-state index in [2.05, 4.69) is 0 Å². The summed E-state index contributed by atoms with van der Waals surface area (Å²) < 4.78 is 55.1. The Balaban J connectivity index is 2.76. The topological polar surface area (TPSA) is 69.4 Å². The van der Waals surface area contributed by atoms with Crippen LogP contribution in [0.25, 0.3) is 0 Å². The van der Waals surface area contributed by atoms with Gasteiger partial charge in [-0.25, -0.2) is 17.2 Å². The standard InChI is InChI=1S/C14H21F2NO3S/c1-3-11(17)7-10-8-12(15)14(13(16)9-10)20-5-6-21(18,19)4-2/h8-9,11H,3-7,17H2,1-2H3. The van der Waals surface area contributed by atoms with Gasteiger partial charge in [0.15, 0.2) is 27.2 Å². The number of hydrogen-bond acceptors (Lipinski definition) is 4. The molecule has 1 atom stereocenters. The molecule has 0 saturated heterocycles. The van der Waals surface area contributed by atoms with Crippen molar-refractivity contribution in [3.05, 3.63) is 29.3 Å². The summed E-state index contributed by atoms with van der Waals surface area (Å²) in [5.41, 5.74) is 6.20. The van der Waals surface area contributed by atoms with E-state index in [-0.39, 0.29) is 24.2 Å². The maximum Gasteiger partial charge on any atom is 0.190 e. The van der Waals surface area contributed by atoms with Crippen molar-refractivity contribution < 1.29 is 21.9 Å². The summed E-state index contributed by atoms with van der Waals surface area (Å²) >= 11 is 0. The van der Waals surface area contributed by atoms with Gasteiger partial charge in [-0.1, -0.05) is 13.8 Å². The van der Waals surface area contributed by atoms with E-state index in [4.69, 9.17) is 10.5 Å². The van der Waals surface area contributed by atoms with Crippen LogP contribution in [0.4, 0.5) is 8.78 Å². The van der Waals surface area contributed by atoms with Crippen molar-refractivity contribution in [1.29, 1.82) is 0 Å². The number of rotatable bonds is 8. The maximum atomic E-state index is 13.8. The van der Waals surface area contributed by atoms with Crippen molar-refractivity contribution in [3.63, 3.8) is 0 Å². The molecule has 0 heterocycles. The van der Waals surface area contributed by atoms with E-state index in [1.54, 1.807) is 0 Å². The highest BCUT2D eigenvalue weighted by atomic mass is 32.2. The molecule has 0 aliphatic rings. The molecular formula is C14H21F2NO3S. The Bertz CT molecular complexity index is 553. The maximum absolute atomic E-state index is 13.8. The number of hydrogen-bond donors (Lipinski definition) is 1. The molecule has 0 fully saturated rings. The summed E-state index contributed by atoms with van der Waals surface area (Å²) in [4.78, 5) is 0. The van der Waals surface area contributed by atoms with Crippen LogP contribution < -0.4 is 10.5 Å². The molecular weight excluding hydrogens is 300 g/mol. The Morgan fingerprint density at radius 2 is 1.81 bits per heavy atom. The number of sulfone groups is 1. The molecule has 0 bridgehead atoms. The molecule has 0 radical (unpaired) electrons. The van der Waals surface area contributed by atoms with Gasteiger partial charge in [0.1, 0.15) is 6.61 Å². The van der Waals surface area contributed by atoms with Crippen molar-refractivity contribution in [2.45, 2.75) is 32.7 Å². The van der Waals surface area contributed by atoms with Crippen molar-refractivity contribution >= 4 is 9.84 Å². The van der Waals surface area contributed by atoms with E-state index in [1.807, 2.05) is 6.92 Å². The zero-order valence-electron chi connectivity index (χ0n) is 12.2. The van der Waals surface area contributed by atoms with Crippen LogP contribution in [0, 0.1) is 11.6 Å². The van der Waals surface area contributed by atoms with E-state index in [0.29, 0.717) is 18.4 Å². The Morgan fingerprint density at radius 1 is 1.24 bits per heavy atom. The second-order valence-electron chi connectivity index (χ2n) is 4.85. The van der Waals surface area contributed by atoms with Crippen LogP contribution in [0.2, 0.25) is 0 Å². The fourth-order valence-corrected chi connectivity index (χ4v) is 2.36. The first-order valence-corrected chi connectivity index (χ1v) is 8.68. The van der Waals surface area contributed by atoms with Crippen molar-refractivity contribution in [2.75, 3.05) is 18.1 Å². The average Bonchev–Trinajstić information content (AvgIpc) is 2.41. The van der Waals surface area contributed by atoms with Gasteiger partial charge in [0, 0.05) is 11.8 Å². The van der Waals surface area contributed by atoms with E-state index >= 15 is 0 Å². The van der Waals surface area contributed by atoms with Gasteiger partial charge in [-0.15, -0.1) is 0 Å². The third-order valence-electron chi connectivity index (χ3n) is 3.16. The summed E-state index contributed by atoms with van der Waals surface area (Å²) in [7, 11) is -3.23. The molecule has 0 aliphatic carbocycles. The molecule has 0 aliphatic heterocycles. The van der Waals surface area contributed by atoms with E-state index in [9.17, 15) is 17.2 Å². The van der Waals surface area contributed by atoms with Gasteiger partial charge in [-0.2, -0.15) is 0 Å². The second-order valence-corrected chi connectivity index (χ2v) is 7.32. The minimum absolute atomic E-state index is 0.0326. The van der Waals surface area contributed by atoms with Crippen LogP contribution in [0.5, 0.6) is 5.75 Å². The number of ether oxygens (including phenoxy) is 1. The van der Waals surface area contributed by atoms with Crippen molar-refractivity contribution in [2.24, 2.45) is 5.73 Å². The molecule has 1 unspecified atom stereocenters. The van der Waals surface area contributed by atoms with Gasteiger partial charge in [0.2, 0.25) is 0 Å². The molecule has 0 aromatic heterocycles. The van der Waals surface area contributed by atoms with Gasteiger partial charge in [0.05, 0.1) is 5.75 Å². The van der Waals surface area contributed by atoms with E-state index < -0.39 is 27.2 Å². The molecule has 0 saturated carbocycles. The molecule has 0 spiro atoms. The fourth-order valence-electron chi connectivity index (χ4n) is 1.73. The number of halogens is 2. The fraction of sp³-hybridized carbons (Fsp3) is 0.571. The molecule has 120 valence electrons. The molecule has 21 heavy (non-hydrogen) atoms. The quantitative estimate of drug-likeness (QED) is 0.796. The first-order valence-electron chi connectivity index (χ1n) is 6.85. The van der Waals surface area contributed by atoms with E-state index in [0.717, 1.165) is 0 Å². The number of benzene rings is 1. The summed E-state index contributed by atoms with van der Waals surface area (Å²) in [6, 6.07) is 2.18. The Labute approximate surface area is 124 Å². The predicted molar refractivity (Wildman–Crippen MR) is 78.2 cm³/mol. The molecule has 1 aromatic rings. The lowest BCUT2D eigenvalue weighted by Crippen LogP contribution is -2.21. The Hall–Kier alpha value is -1.21. The molecule has 4 nitrogen and oxygen atoms in total. The molecule has 0 amide bonds. The summed E-state index contributed by atoms with van der Waals surface area (Å²) in [6.45, 7) is 3.11. The van der Waals surface area contributed by atoms with Gasteiger partial charge >= 0.3 is 0 Å². The van der Waals surface area contributed by atoms with Gasteiger partial charge in [0.25, 0.3) is 0 Å². The van der Waals surface area contributed by atoms with Crippen LogP contribution in [-0.4, -0.2) is 32.6 Å². The van der Waals surface area contributed by atoms with Crippen molar-refractivity contribution in [1.82, 2.24) is 0 Å². The van der Waals surface area contributed by atoms with Gasteiger partial charge in [-0.3, -0.25) is 0 Å². The lowest BCUT2D eigenvalue weighted by Gasteiger charge is -2.12. The minimum Gasteiger partial charge on any atom is -0.487 e. The predicted octanol–water partition coefficient (Wildman–Crippen LogP) is 2.06. The summed E-state index contributed by atoms with van der Waals surface area (Å²) in [6.07, 6.45) is 1.07. The van der Waals surface area contributed by atoms with Crippen LogP contribution in [0.15, 0.2) is 12.1 Å². The smallest absolute Gasteiger partial charge is 0.190 e. The van der Waals surface area contributed by atoms with Gasteiger partial charge in [-0.05, 0) is 30.5 Å². The van der Waals surface area contributed by atoms with Crippen LogP contribution >= 0.6 is 0 Å². The first-order chi connectivity index (χ1) is 9.79. The number of nitrogens with two attached hydrogens (primary N) is 1. The largest absolute Gasteiger partial charge is 0.487 e. The normalized spacial score (nSPS) is 13.2. The highest BCUT2D eigenvalue weighted by Gasteiger charge is 2.15. The average molecular weight is 321 g/mol. The van der Waals surface area contributed by atoms with Gasteiger partial charge < -0.3 is 10.5 Å². The van der Waals surface area contributed by atoms with Crippen LogP contribution in [0.3, 0.4) is 0 Å². The minimum atomic E-state index is -3.23. The molecule has 7 heteroatoms. The Kier molecular flexibility index (Phi) is 6.54. The lowest BCUT2D eigenvalue weighted by molar-refractivity contribution is 0.303. The summed E-state index contributed by atoms with van der Waals surface area (Å²) in [5.74, 6) is -2.54. The molecule has 2 N–H and O–H groups in total. The highest BCUT2D eigenvalue weighted by molar-refractivity contribution is 7.91. The molecule has 1 rings (SSSR count). The van der Waals surface area contributed by atoms with Crippen LogP contribution in [-0.2, 0) is 16.3 Å². The Morgan fingerprint density at radius 3 is 2.29 bits per heavy atom. The lowest BCUT2D eigenvalue weighted by atomic mass is 10.0. The summed E-state index contributed by atoms with van der Waals surface area (Å²) in [5, 5.41) is 0. The zero-order valence-corrected chi connectivity index (χ0v) is 13.1. The van der Waals surface area contributed by atoms with E-state index in [1.165, 1.54) is 19.1 Å². The zero-order chi connectivity index (χ0) is 16.0. The third kappa shape index (κ3) is 5.59. The SMILES string of the molecule is CCC(N)Cc1cc(F)c(OCCS(=O)(=O)CC)c(F)c1. The van der Waals surface area contributed by atoms with Crippen molar-refractivity contribution in [3.8, 4) is 5.75 Å². The third-order valence-corrected chi connectivity index (χ3v) is 4.83.